The number of hydrogen-bond donors (Lipinski definition) is 1. The molecule has 0 saturated carbocycles. The third kappa shape index (κ3) is 2.84. The smallest absolute Gasteiger partial charge is 0.253 e. The van der Waals surface area contributed by atoms with Crippen LogP contribution in [0.1, 0.15) is 23.2 Å². The lowest BCUT2D eigenvalue weighted by atomic mass is 9.96. The van der Waals surface area contributed by atoms with Gasteiger partial charge in [0.2, 0.25) is 0 Å². The first kappa shape index (κ1) is 14.0. The molecule has 1 amide bonds. The summed E-state index contributed by atoms with van der Waals surface area (Å²) in [6.45, 7) is 2.56. The summed E-state index contributed by atoms with van der Waals surface area (Å²) in [4.78, 5) is 21.9. The lowest BCUT2D eigenvalue weighted by molar-refractivity contribution is 0.0681. The molecule has 0 bridgehead atoms. The van der Waals surface area contributed by atoms with E-state index >= 15 is 0 Å². The van der Waals surface area contributed by atoms with Crippen molar-refractivity contribution in [3.05, 3.63) is 48.5 Å². The van der Waals surface area contributed by atoms with Crippen molar-refractivity contribution in [3.63, 3.8) is 0 Å². The van der Waals surface area contributed by atoms with Crippen LogP contribution < -0.4 is 0 Å². The molecule has 3 heterocycles. The van der Waals surface area contributed by atoms with E-state index in [2.05, 4.69) is 15.1 Å². The number of hydrogen-bond acceptors (Lipinski definition) is 3. The van der Waals surface area contributed by atoms with Gasteiger partial charge in [-0.1, -0.05) is 0 Å². The van der Waals surface area contributed by atoms with Crippen LogP contribution in [0, 0.1) is 5.92 Å². The van der Waals surface area contributed by atoms with Crippen LogP contribution in [-0.4, -0.2) is 43.6 Å². The van der Waals surface area contributed by atoms with E-state index in [4.69, 9.17) is 0 Å². The van der Waals surface area contributed by atoms with Crippen molar-refractivity contribution in [2.75, 3.05) is 13.1 Å². The number of rotatable bonds is 3. The minimum absolute atomic E-state index is 0.110. The molecule has 1 N–H and O–H groups in total. The molecular weight excluding hydrogens is 290 g/mol. The molecule has 2 aromatic heterocycles. The van der Waals surface area contributed by atoms with Gasteiger partial charge in [-0.2, -0.15) is 5.10 Å². The summed E-state index contributed by atoms with van der Waals surface area (Å²) in [5.41, 5.74) is 2.52. The van der Waals surface area contributed by atoms with E-state index in [0.29, 0.717) is 5.92 Å². The predicted molar refractivity (Wildman–Crippen MR) is 86.9 cm³/mol. The van der Waals surface area contributed by atoms with Crippen molar-refractivity contribution in [3.8, 4) is 0 Å². The van der Waals surface area contributed by atoms with Crippen LogP contribution in [0.4, 0.5) is 0 Å². The molecule has 23 heavy (non-hydrogen) atoms. The zero-order chi connectivity index (χ0) is 15.6. The van der Waals surface area contributed by atoms with E-state index in [1.54, 1.807) is 6.33 Å². The lowest BCUT2D eigenvalue weighted by Crippen LogP contribution is -2.39. The molecule has 4 rings (SSSR count). The van der Waals surface area contributed by atoms with Gasteiger partial charge >= 0.3 is 0 Å². The number of aromatic nitrogens is 4. The van der Waals surface area contributed by atoms with Crippen molar-refractivity contribution in [1.29, 1.82) is 0 Å². The summed E-state index contributed by atoms with van der Waals surface area (Å²) in [7, 11) is 0. The Hall–Kier alpha value is -2.63. The highest BCUT2D eigenvalue weighted by molar-refractivity contribution is 5.97. The molecule has 0 atom stereocenters. The van der Waals surface area contributed by atoms with Crippen molar-refractivity contribution in [2.45, 2.75) is 19.4 Å². The van der Waals surface area contributed by atoms with Crippen LogP contribution in [0.2, 0.25) is 0 Å². The van der Waals surface area contributed by atoms with Gasteiger partial charge in [0, 0.05) is 37.6 Å². The number of nitrogens with one attached hydrogen (secondary N) is 1. The largest absolute Gasteiger partial charge is 0.345 e. The van der Waals surface area contributed by atoms with Crippen LogP contribution >= 0.6 is 0 Å². The van der Waals surface area contributed by atoms with Crippen LogP contribution in [0.3, 0.4) is 0 Å². The summed E-state index contributed by atoms with van der Waals surface area (Å²) in [6, 6.07) is 7.59. The zero-order valence-electron chi connectivity index (χ0n) is 12.9. The summed E-state index contributed by atoms with van der Waals surface area (Å²) >= 11 is 0. The fraction of sp³-hybridized carbons (Fsp3) is 0.353. The SMILES string of the molecule is O=C(c1ccc2nc[nH]c2c1)N1CCC(Cn2cccn2)CC1. The van der Waals surface area contributed by atoms with Crippen molar-refractivity contribution in [2.24, 2.45) is 5.92 Å². The molecule has 1 fully saturated rings. The molecule has 1 aromatic carbocycles. The van der Waals surface area contributed by atoms with Crippen LogP contribution in [0.25, 0.3) is 11.0 Å². The van der Waals surface area contributed by atoms with E-state index in [0.717, 1.165) is 49.1 Å². The normalized spacial score (nSPS) is 16.1. The standard InChI is InChI=1S/C17H19N5O/c23-17(14-2-3-15-16(10-14)19-12-18-15)21-8-4-13(5-9-21)11-22-7-1-6-20-22/h1-3,6-7,10,12-13H,4-5,8-9,11H2,(H,18,19). The van der Waals surface area contributed by atoms with Crippen LogP contribution in [-0.2, 0) is 6.54 Å². The topological polar surface area (TPSA) is 66.8 Å². The minimum Gasteiger partial charge on any atom is -0.345 e. The van der Waals surface area contributed by atoms with Gasteiger partial charge in [0.15, 0.2) is 0 Å². The predicted octanol–water partition coefficient (Wildman–Crippen LogP) is 2.31. The average Bonchev–Trinajstić information content (AvgIpc) is 3.25. The van der Waals surface area contributed by atoms with E-state index in [9.17, 15) is 4.79 Å². The van der Waals surface area contributed by atoms with Crippen molar-refractivity contribution >= 4 is 16.9 Å². The Morgan fingerprint density at radius 3 is 2.96 bits per heavy atom. The Balaban J connectivity index is 1.40. The first-order valence-corrected chi connectivity index (χ1v) is 7.99. The highest BCUT2D eigenvalue weighted by Gasteiger charge is 2.24. The van der Waals surface area contributed by atoms with Crippen molar-refractivity contribution < 1.29 is 4.79 Å². The number of imidazole rings is 1. The Bertz CT molecular complexity index is 799. The molecule has 6 nitrogen and oxygen atoms in total. The maximum Gasteiger partial charge on any atom is 0.253 e. The Morgan fingerprint density at radius 1 is 1.30 bits per heavy atom. The third-order valence-electron chi connectivity index (χ3n) is 4.57. The van der Waals surface area contributed by atoms with Gasteiger partial charge in [0.1, 0.15) is 0 Å². The summed E-state index contributed by atoms with van der Waals surface area (Å²) < 4.78 is 1.98. The summed E-state index contributed by atoms with van der Waals surface area (Å²) in [5.74, 6) is 0.702. The zero-order valence-corrected chi connectivity index (χ0v) is 12.9. The maximum absolute atomic E-state index is 12.7. The van der Waals surface area contributed by atoms with Crippen LogP contribution in [0.5, 0.6) is 0 Å². The average molecular weight is 309 g/mol. The van der Waals surface area contributed by atoms with Gasteiger partial charge in [-0.15, -0.1) is 0 Å². The number of amides is 1. The third-order valence-corrected chi connectivity index (χ3v) is 4.57. The van der Waals surface area contributed by atoms with Gasteiger partial charge < -0.3 is 9.88 Å². The molecule has 118 valence electrons. The monoisotopic (exact) mass is 309 g/mol. The van der Waals surface area contributed by atoms with Gasteiger partial charge in [-0.3, -0.25) is 9.48 Å². The van der Waals surface area contributed by atoms with E-state index in [-0.39, 0.29) is 5.91 Å². The number of likely N-dealkylation sites (tertiary alicyclic amines) is 1. The summed E-state index contributed by atoms with van der Waals surface area (Å²) in [5, 5.41) is 4.26. The highest BCUT2D eigenvalue weighted by Crippen LogP contribution is 2.21. The molecule has 1 aliphatic rings. The first-order chi connectivity index (χ1) is 11.3. The van der Waals surface area contributed by atoms with Gasteiger partial charge in [-0.25, -0.2) is 4.98 Å². The molecule has 1 saturated heterocycles. The molecule has 0 unspecified atom stereocenters. The molecular formula is C17H19N5O. The Kier molecular flexibility index (Phi) is 3.57. The molecule has 3 aromatic rings. The summed E-state index contributed by atoms with van der Waals surface area (Å²) in [6.07, 6.45) is 7.51. The number of nitrogens with zero attached hydrogens (tertiary/aromatic N) is 4. The molecule has 0 aliphatic carbocycles. The highest BCUT2D eigenvalue weighted by atomic mass is 16.2. The quantitative estimate of drug-likeness (QED) is 0.807. The van der Waals surface area contributed by atoms with Gasteiger partial charge in [-0.05, 0) is 43.0 Å². The number of benzene rings is 1. The lowest BCUT2D eigenvalue weighted by Gasteiger charge is -2.32. The second kappa shape index (κ2) is 5.87. The fourth-order valence-electron chi connectivity index (χ4n) is 3.24. The number of fused-ring (bicyclic) bond motifs is 1. The molecule has 6 heteroatoms. The number of carbonyl (C=O) groups excluding carboxylic acids is 1. The number of carbonyl (C=O) groups is 1. The second-order valence-corrected chi connectivity index (χ2v) is 6.10. The van der Waals surface area contributed by atoms with E-state index < -0.39 is 0 Å². The second-order valence-electron chi connectivity index (χ2n) is 6.10. The minimum atomic E-state index is 0.110. The van der Waals surface area contributed by atoms with Crippen LogP contribution in [0.15, 0.2) is 43.0 Å². The Morgan fingerprint density at radius 2 is 2.17 bits per heavy atom. The Labute approximate surface area is 134 Å². The first-order valence-electron chi connectivity index (χ1n) is 7.99. The molecule has 0 radical (unpaired) electrons. The van der Waals surface area contributed by atoms with E-state index in [1.807, 2.05) is 46.2 Å². The van der Waals surface area contributed by atoms with E-state index in [1.165, 1.54) is 0 Å². The van der Waals surface area contributed by atoms with Gasteiger partial charge in [0.05, 0.1) is 17.4 Å². The maximum atomic E-state index is 12.7. The molecule has 1 aliphatic heterocycles. The number of piperidine rings is 1. The van der Waals surface area contributed by atoms with Crippen molar-refractivity contribution in [1.82, 2.24) is 24.6 Å². The number of aromatic amines is 1. The fourth-order valence-corrected chi connectivity index (χ4v) is 3.24. The molecule has 0 spiro atoms. The number of H-pyrrole nitrogens is 1. The van der Waals surface area contributed by atoms with Gasteiger partial charge in [0.25, 0.3) is 5.91 Å².